The Balaban J connectivity index is 0.00000435. The van der Waals surface area contributed by atoms with Crippen molar-refractivity contribution in [1.82, 2.24) is 14.5 Å². The first-order valence-electron chi connectivity index (χ1n) is 16.9. The largest absolute Gasteiger partial charge is 2.00 e. The Bertz CT molecular complexity index is 2580. The van der Waals surface area contributed by atoms with Crippen molar-refractivity contribution in [3.63, 3.8) is 0 Å². The average molecular weight is 883 g/mol. The van der Waals surface area contributed by atoms with Crippen LogP contribution >= 0.6 is 0 Å². The monoisotopic (exact) mass is 882 g/mol. The third-order valence-corrected chi connectivity index (χ3v) is 9.11. The molecule has 0 bridgehead atoms. The van der Waals surface area contributed by atoms with Crippen LogP contribution in [0.25, 0.3) is 61.1 Å². The molecule has 4 nitrogen and oxygen atoms in total. The molecule has 5 aromatic carbocycles. The van der Waals surface area contributed by atoms with Gasteiger partial charge in [-0.05, 0) is 64.7 Å². The van der Waals surface area contributed by atoms with Crippen molar-refractivity contribution in [3.05, 3.63) is 163 Å². The number of hydrogen-bond donors (Lipinski definition) is 0. The predicted octanol–water partition coefficient (Wildman–Crippen LogP) is 12.3. The van der Waals surface area contributed by atoms with Gasteiger partial charge in [0.15, 0.2) is 0 Å². The second kappa shape index (κ2) is 14.1. The Labute approximate surface area is 320 Å². The average Bonchev–Trinajstić information content (AvgIpc) is 3.49. The molecule has 8 aromatic rings. The molecule has 8 heteroatoms. The minimum absolute atomic E-state index is 0. The molecule has 0 N–H and O–H groups in total. The van der Waals surface area contributed by atoms with Crippen molar-refractivity contribution in [2.24, 2.45) is 0 Å². The van der Waals surface area contributed by atoms with Gasteiger partial charge < -0.3 is 19.3 Å². The number of alkyl halides is 3. The van der Waals surface area contributed by atoms with Crippen LogP contribution in [0.4, 0.5) is 13.2 Å². The van der Waals surface area contributed by atoms with Gasteiger partial charge in [0, 0.05) is 51.6 Å². The molecule has 0 saturated heterocycles. The molecular formula is C45H32F3N3OPt. The Morgan fingerprint density at radius 2 is 1.32 bits per heavy atom. The van der Waals surface area contributed by atoms with E-state index < -0.39 is 11.7 Å². The quantitative estimate of drug-likeness (QED) is 0.156. The molecule has 3 aromatic heterocycles. The van der Waals surface area contributed by atoms with E-state index in [-0.39, 0.29) is 26.5 Å². The SMILES string of the molecule is CC(C)(C)c1ccnc(-c2[c-]c(Oc3[c-]c(-c4nccc5c6cc(C(F)(F)F)ccc6n(-c6ccccc6)c45)ccc3)cc(-c3ccccc3)c2)c1.[Pt+2]. The molecule has 0 aliphatic rings. The molecule has 0 radical (unpaired) electrons. The number of pyridine rings is 2. The number of nitrogens with zero attached hydrogens (tertiary/aromatic N) is 3. The summed E-state index contributed by atoms with van der Waals surface area (Å²) >= 11 is 0. The van der Waals surface area contributed by atoms with Gasteiger partial charge in [0.1, 0.15) is 0 Å². The first kappa shape index (κ1) is 35.9. The van der Waals surface area contributed by atoms with Gasteiger partial charge in [-0.25, -0.2) is 0 Å². The summed E-state index contributed by atoms with van der Waals surface area (Å²) in [6.45, 7) is 6.51. The first-order chi connectivity index (χ1) is 25.0. The fourth-order valence-corrected chi connectivity index (χ4v) is 6.53. The summed E-state index contributed by atoms with van der Waals surface area (Å²) in [7, 11) is 0. The Kier molecular flexibility index (Phi) is 9.56. The van der Waals surface area contributed by atoms with E-state index in [1.165, 1.54) is 12.1 Å². The van der Waals surface area contributed by atoms with E-state index in [1.807, 2.05) is 102 Å². The number of benzene rings is 5. The molecule has 3 heterocycles. The maximum Gasteiger partial charge on any atom is 2.00 e. The number of halogens is 3. The third-order valence-electron chi connectivity index (χ3n) is 9.11. The van der Waals surface area contributed by atoms with E-state index in [4.69, 9.17) is 14.7 Å². The van der Waals surface area contributed by atoms with E-state index in [0.29, 0.717) is 44.6 Å². The maximum atomic E-state index is 13.9. The minimum atomic E-state index is -4.48. The summed E-state index contributed by atoms with van der Waals surface area (Å²) in [5.41, 5.74) is 7.21. The molecule has 264 valence electrons. The van der Waals surface area contributed by atoms with Gasteiger partial charge in [-0.3, -0.25) is 0 Å². The Hall–Kier alpha value is -5.52. The smallest absolute Gasteiger partial charge is 0.497 e. The van der Waals surface area contributed by atoms with Crippen LogP contribution in [-0.2, 0) is 32.7 Å². The standard InChI is InChI=1S/C45H32F3N3O.Pt/c1-44(2,3)33-19-21-49-40(28-33)32-23-31(29-11-6-4-7-12-29)25-37(26-32)52-36-16-10-13-30(24-36)42-43-38(20-22-50-42)39-27-34(45(46,47)48)17-18-41(39)51(43)35-14-8-5-9-15-35;/h4-23,25,27-28H,1-3H3;/q-2;+2. The van der Waals surface area contributed by atoms with Crippen LogP contribution in [0.15, 0.2) is 140 Å². The topological polar surface area (TPSA) is 39.9 Å². The zero-order valence-electron chi connectivity index (χ0n) is 29.0. The Morgan fingerprint density at radius 1 is 0.604 bits per heavy atom. The molecule has 53 heavy (non-hydrogen) atoms. The van der Waals surface area contributed by atoms with Gasteiger partial charge in [-0.1, -0.05) is 99.1 Å². The van der Waals surface area contributed by atoms with Crippen LogP contribution in [0.2, 0.25) is 0 Å². The predicted molar refractivity (Wildman–Crippen MR) is 201 cm³/mol. The van der Waals surface area contributed by atoms with E-state index in [9.17, 15) is 13.2 Å². The van der Waals surface area contributed by atoms with Crippen molar-refractivity contribution in [3.8, 4) is 50.8 Å². The van der Waals surface area contributed by atoms with E-state index >= 15 is 0 Å². The van der Waals surface area contributed by atoms with Crippen molar-refractivity contribution >= 4 is 21.8 Å². The van der Waals surface area contributed by atoms with Gasteiger partial charge in [0.05, 0.1) is 11.1 Å². The van der Waals surface area contributed by atoms with Crippen LogP contribution in [-0.4, -0.2) is 14.5 Å². The molecule has 8 rings (SSSR count). The molecule has 0 unspecified atom stereocenters. The van der Waals surface area contributed by atoms with E-state index in [0.717, 1.165) is 39.7 Å². The van der Waals surface area contributed by atoms with Crippen molar-refractivity contribution in [1.29, 1.82) is 0 Å². The maximum absolute atomic E-state index is 13.9. The third kappa shape index (κ3) is 7.14. The van der Waals surface area contributed by atoms with Crippen LogP contribution in [0.3, 0.4) is 0 Å². The van der Waals surface area contributed by atoms with Gasteiger partial charge >= 0.3 is 27.2 Å². The minimum Gasteiger partial charge on any atom is -0.497 e. The van der Waals surface area contributed by atoms with Crippen LogP contribution in [0.5, 0.6) is 11.5 Å². The van der Waals surface area contributed by atoms with Crippen molar-refractivity contribution in [2.75, 3.05) is 0 Å². The van der Waals surface area contributed by atoms with Crippen LogP contribution in [0, 0.1) is 12.1 Å². The molecular weight excluding hydrogens is 851 g/mol. The molecule has 0 spiro atoms. The molecule has 0 saturated carbocycles. The zero-order chi connectivity index (χ0) is 36.0. The summed E-state index contributed by atoms with van der Waals surface area (Å²) < 4.78 is 50.1. The van der Waals surface area contributed by atoms with Crippen molar-refractivity contribution < 1.29 is 39.0 Å². The second-order valence-corrected chi connectivity index (χ2v) is 13.7. The zero-order valence-corrected chi connectivity index (χ0v) is 31.3. The number of ether oxygens (including phenoxy) is 1. The van der Waals surface area contributed by atoms with Gasteiger partial charge in [0.25, 0.3) is 0 Å². The van der Waals surface area contributed by atoms with Gasteiger partial charge in [-0.15, -0.1) is 35.4 Å². The summed E-state index contributed by atoms with van der Waals surface area (Å²) in [5, 5.41) is 1.13. The van der Waals surface area contributed by atoms with Crippen molar-refractivity contribution in [2.45, 2.75) is 32.4 Å². The van der Waals surface area contributed by atoms with E-state index in [2.05, 4.69) is 45.0 Å². The normalized spacial score (nSPS) is 11.8. The van der Waals surface area contributed by atoms with E-state index in [1.54, 1.807) is 12.3 Å². The molecule has 0 amide bonds. The fraction of sp³-hybridized carbons (Fsp3) is 0.111. The summed E-state index contributed by atoms with van der Waals surface area (Å²) in [6.07, 6.45) is -1.04. The number of aromatic nitrogens is 3. The number of para-hydroxylation sites is 1. The fourth-order valence-electron chi connectivity index (χ4n) is 6.53. The number of hydrogen-bond acceptors (Lipinski definition) is 3. The first-order valence-corrected chi connectivity index (χ1v) is 16.9. The molecule has 0 atom stereocenters. The molecule has 0 aliphatic carbocycles. The van der Waals surface area contributed by atoms with Crippen LogP contribution in [0.1, 0.15) is 31.9 Å². The van der Waals surface area contributed by atoms with Gasteiger partial charge in [-0.2, -0.15) is 13.2 Å². The second-order valence-electron chi connectivity index (χ2n) is 13.7. The summed E-state index contributed by atoms with van der Waals surface area (Å²) in [6, 6.07) is 45.7. The Morgan fingerprint density at radius 3 is 2.06 bits per heavy atom. The summed E-state index contributed by atoms with van der Waals surface area (Å²) in [4.78, 5) is 9.46. The molecule has 0 fully saturated rings. The summed E-state index contributed by atoms with van der Waals surface area (Å²) in [5.74, 6) is 0.916. The van der Waals surface area contributed by atoms with Crippen LogP contribution < -0.4 is 4.74 Å². The molecule has 0 aliphatic heterocycles. The van der Waals surface area contributed by atoms with Gasteiger partial charge in [0.2, 0.25) is 0 Å². The number of fused-ring (bicyclic) bond motifs is 3. The number of rotatable bonds is 6.